The number of sulfonamides is 2. The maximum atomic E-state index is 14.3. The number of ether oxygens (including phenoxy) is 5. The standard InChI is InChI=1S/C33H52N2O8S.C31H48N2O8S.C24H41NO6.C23H39NO6/c1-8-11-12-21(4)15-22(9-2)26(17-29(38)43-32(5,6)7)30(39)35-20-24(36)16-27(35)28(37)19-33(18-23(33)10-3)31(40)34-44(41,42)25-13-14-25;1-6-20-13-19(2)9-7-8-10-21-16-31(21,29(38)32-42(39,40)23-11-12-23)17-26(35)25-14-22(34)18-33(25)28(37)24(20)15-27(36)41-30(3,4)5;1-8-10-11-16(3)12-17(9-2)19(14-21(27)31-24(4,5)6)22(28)25-15-18(26)13-20(25)23(29)30-7;1-7-9-10-15(3)11-16(8-2)18(13-20(26)30-23(4,5)6)21(27)24-14-17(25)12-19(24)22(28)29/h8,10,21-27,36H,1,3,9,11-20H2,2,4-7H3,(H,34,40);8,10,19-25,34H,6-7,9,11-18H2,1-5H3,(H,32,38);8,16-20,26H,1,9-15H2,2-7H3;7,15-19,25H,1,8-14H2,2-6H3,(H,28,29)/b;10-8-;;/t21?,22-,23-,24-,26+,27+,33-;19?,20-,21-,22-,24+,25+,31-;16?,17-,18-,19+,20+;15?,16-,17-,18+,19+/m1111/s1. The number of aliphatic hydroxyl groups is 4. The summed E-state index contributed by atoms with van der Waals surface area (Å²) in [5, 5.41) is 49.7. The number of carbonyl (C=O) groups excluding carboxylic acids is 13. The maximum Gasteiger partial charge on any atom is 0.328 e. The summed E-state index contributed by atoms with van der Waals surface area (Å²) in [5.74, 6) is -9.82. The molecule has 0 bridgehead atoms. The molecule has 9 rings (SSSR count). The van der Waals surface area contributed by atoms with Crippen molar-refractivity contribution >= 4 is 103 Å². The predicted molar refractivity (Wildman–Crippen MR) is 558 cm³/mol. The van der Waals surface area contributed by atoms with E-state index in [1.807, 2.05) is 58.1 Å². The van der Waals surface area contributed by atoms with Gasteiger partial charge in [0.25, 0.3) is 0 Å². The molecule has 24 atom stereocenters. The summed E-state index contributed by atoms with van der Waals surface area (Å²) in [6, 6.07) is -3.84. The fourth-order valence-corrected chi connectivity index (χ4v) is 24.5. The number of carboxylic acids is 1. The van der Waals surface area contributed by atoms with Gasteiger partial charge in [0, 0.05) is 64.7 Å². The van der Waals surface area contributed by atoms with Crippen molar-refractivity contribution in [3.8, 4) is 0 Å². The molecule has 834 valence electrons. The lowest BCUT2D eigenvalue weighted by molar-refractivity contribution is -0.161. The molecule has 8 fully saturated rings. The van der Waals surface area contributed by atoms with Crippen LogP contribution < -0.4 is 9.44 Å². The van der Waals surface area contributed by atoms with Gasteiger partial charge in [-0.2, -0.15) is 0 Å². The summed E-state index contributed by atoms with van der Waals surface area (Å²) in [5.41, 5.74) is -5.23. The van der Waals surface area contributed by atoms with Gasteiger partial charge in [-0.15, -0.1) is 26.3 Å². The smallest absolute Gasteiger partial charge is 0.328 e. The Kier molecular flexibility index (Phi) is 48.1. The first-order valence-corrected chi connectivity index (χ1v) is 56.9. The highest BCUT2D eigenvalue weighted by Crippen LogP contribution is 2.59. The Morgan fingerprint density at radius 1 is 0.517 bits per heavy atom. The number of amides is 6. The maximum absolute atomic E-state index is 14.3. The molecule has 0 aromatic heterocycles. The molecule has 4 aliphatic carbocycles. The first kappa shape index (κ1) is 127. The monoisotopic (exact) mass is 2110 g/mol. The number of likely N-dealkylation sites (tertiary alicyclic amines) is 3. The first-order valence-electron chi connectivity index (χ1n) is 53.8. The summed E-state index contributed by atoms with van der Waals surface area (Å²) in [6.07, 6.45) is 22.1. The number of nitrogens with one attached hydrogen (secondary N) is 2. The van der Waals surface area contributed by atoms with Crippen LogP contribution in [0.3, 0.4) is 0 Å². The Morgan fingerprint density at radius 3 is 1.27 bits per heavy atom. The lowest BCUT2D eigenvalue weighted by Gasteiger charge is -2.33. The number of hydrogen-bond acceptors (Lipinski definition) is 27. The summed E-state index contributed by atoms with van der Waals surface area (Å²) in [4.78, 5) is 190. The van der Waals surface area contributed by atoms with Gasteiger partial charge in [-0.1, -0.05) is 118 Å². The predicted octanol–water partition coefficient (Wildman–Crippen LogP) is 14.2. The quantitative estimate of drug-likeness (QED) is 0.0169. The van der Waals surface area contributed by atoms with E-state index < -0.39 is 189 Å². The average molecular weight is 2110 g/mol. The van der Waals surface area contributed by atoms with Crippen LogP contribution in [0.1, 0.15) is 344 Å². The van der Waals surface area contributed by atoms with Crippen LogP contribution in [0.15, 0.2) is 62.8 Å². The molecular formula is C111H180N6O28S2. The average Bonchev–Trinajstić information content (AvgIpc) is 1.56. The van der Waals surface area contributed by atoms with Gasteiger partial charge < -0.3 is 68.8 Å². The molecule has 147 heavy (non-hydrogen) atoms. The van der Waals surface area contributed by atoms with E-state index in [2.05, 4.69) is 63.5 Å². The van der Waals surface area contributed by atoms with Crippen molar-refractivity contribution < 1.29 is 133 Å². The van der Waals surface area contributed by atoms with E-state index in [1.54, 1.807) is 89.2 Å². The molecule has 0 aromatic carbocycles. The summed E-state index contributed by atoms with van der Waals surface area (Å²) >= 11 is 0. The third-order valence-corrected chi connectivity index (χ3v) is 33.7. The zero-order valence-corrected chi connectivity index (χ0v) is 93.5. The van der Waals surface area contributed by atoms with Crippen LogP contribution >= 0.6 is 0 Å². The molecule has 7 N–H and O–H groups in total. The Bertz CT molecular complexity index is 4810. The van der Waals surface area contributed by atoms with Crippen molar-refractivity contribution in [2.75, 3.05) is 33.3 Å². The van der Waals surface area contributed by atoms with E-state index in [0.717, 1.165) is 70.6 Å². The molecule has 6 amide bonds. The zero-order valence-electron chi connectivity index (χ0n) is 91.8. The van der Waals surface area contributed by atoms with Gasteiger partial charge in [-0.3, -0.25) is 67.0 Å². The normalized spacial score (nSPS) is 27.4. The fraction of sp³-hybridized carbons (Fsp3) is 0.784. The Morgan fingerprint density at radius 2 is 0.898 bits per heavy atom. The van der Waals surface area contributed by atoms with Crippen LogP contribution in [0, 0.1) is 93.7 Å². The lowest BCUT2D eigenvalue weighted by Crippen LogP contribution is -2.48. The highest BCUT2D eigenvalue weighted by atomic mass is 32.2. The second kappa shape index (κ2) is 55.6. The molecule has 5 aliphatic heterocycles. The minimum Gasteiger partial charge on any atom is -0.480 e. The number of ketones is 2. The van der Waals surface area contributed by atoms with E-state index in [-0.39, 0.29) is 174 Å². The van der Waals surface area contributed by atoms with Crippen molar-refractivity contribution in [1.29, 1.82) is 0 Å². The van der Waals surface area contributed by atoms with Gasteiger partial charge in [0.05, 0.1) is 114 Å². The molecule has 4 saturated carbocycles. The molecule has 4 unspecified atom stereocenters. The topological polar surface area (TPSA) is 492 Å². The van der Waals surface area contributed by atoms with Gasteiger partial charge in [0.1, 0.15) is 34.5 Å². The van der Waals surface area contributed by atoms with Gasteiger partial charge in [0.15, 0.2) is 11.6 Å². The Labute approximate surface area is 875 Å². The van der Waals surface area contributed by atoms with E-state index in [0.29, 0.717) is 76.0 Å². The summed E-state index contributed by atoms with van der Waals surface area (Å²) in [6.45, 7) is 52.7. The molecule has 9 aliphatic rings. The third-order valence-electron chi connectivity index (χ3n) is 30.1. The molecular weight excluding hydrogens is 1930 g/mol. The Hall–Kier alpha value is -8.58. The number of esters is 5. The SMILES string of the molecule is C=CCCC(C)C[C@@H](CC)[C@H](CC(=O)OC(C)(C)C)C(=O)N1C[C@H](O)C[C@H]1C(=O)C[C@]1(C(=O)NS(=O)(=O)C2CC2)C[C@H]1C=C.C=CCCC(C)C[C@@H](CC)[C@H](CC(=O)OC(C)(C)C)C(=O)N1C[C@H](O)C[C@H]1C(=O)O.C=CCCC(C)C[C@@H](CC)[C@H](CC(=O)OC(C)(C)C)C(=O)N1C[C@H](O)C[C@H]1C(=O)OC.CC[C@@H]1CC(C)CC/C=C\[C@@H]2C[C@@]2(C(=O)NS(=O)(=O)C2CC2)CC(=O)[C@@H]2C[C@@H](O)CN2C(=O)[C@H]1CC(=O)OC(C)(C)C. The number of fused-ring (bicyclic) bond motifs is 2. The number of allylic oxidation sites excluding steroid dienone is 6. The third kappa shape index (κ3) is 38.9. The molecule has 0 spiro atoms. The van der Waals surface area contributed by atoms with E-state index >= 15 is 0 Å². The minimum absolute atomic E-state index is 0.00671. The van der Waals surface area contributed by atoms with Crippen molar-refractivity contribution in [2.45, 2.75) is 425 Å². The molecule has 0 aromatic rings. The fourth-order valence-electron chi connectivity index (χ4n) is 21.8. The molecule has 34 nitrogen and oxygen atoms in total. The van der Waals surface area contributed by atoms with Crippen molar-refractivity contribution in [3.05, 3.63) is 62.8 Å². The van der Waals surface area contributed by atoms with Crippen molar-refractivity contribution in [2.24, 2.45) is 93.7 Å². The number of hydrogen-bond donors (Lipinski definition) is 7. The minimum atomic E-state index is -3.81. The molecule has 5 heterocycles. The van der Waals surface area contributed by atoms with Crippen LogP contribution in [0.2, 0.25) is 0 Å². The number of nitrogens with zero attached hydrogens (tertiary/aromatic N) is 4. The summed E-state index contributed by atoms with van der Waals surface area (Å²) in [7, 11) is -6.34. The number of methoxy groups -OCH3 is 1. The lowest BCUT2D eigenvalue weighted by atomic mass is 9.79. The highest BCUT2D eigenvalue weighted by molar-refractivity contribution is 7.91. The van der Waals surface area contributed by atoms with E-state index in [4.69, 9.17) is 23.7 Å². The van der Waals surface area contributed by atoms with Crippen LogP contribution in [-0.2, 0) is 111 Å². The number of aliphatic carboxylic acids is 1. The Balaban J connectivity index is 0.000000304. The van der Waals surface area contributed by atoms with Crippen LogP contribution in [-0.4, -0.2) is 260 Å². The second-order valence-electron chi connectivity index (χ2n) is 47.5. The number of Topliss-reactive ketones (excluding diaryl/α,β-unsaturated/α-hetero) is 2. The molecule has 4 saturated heterocycles. The highest BCUT2D eigenvalue weighted by Gasteiger charge is 2.64. The van der Waals surface area contributed by atoms with Gasteiger partial charge >= 0.3 is 35.8 Å². The van der Waals surface area contributed by atoms with Crippen molar-refractivity contribution in [1.82, 2.24) is 29.0 Å². The number of aliphatic hydroxyl groups excluding tert-OH is 4. The number of carbonyl (C=O) groups is 14. The van der Waals surface area contributed by atoms with Crippen LogP contribution in [0.4, 0.5) is 0 Å². The van der Waals surface area contributed by atoms with E-state index in [1.165, 1.54) is 26.7 Å². The van der Waals surface area contributed by atoms with Crippen LogP contribution in [0.5, 0.6) is 0 Å². The molecule has 36 heteroatoms. The van der Waals surface area contributed by atoms with Gasteiger partial charge in [-0.25, -0.2) is 26.4 Å². The largest absolute Gasteiger partial charge is 0.480 e. The number of β-amino-alcohol motifs (C(OH)–C–C–N with tert-alkyl or cyclic N) is 3. The zero-order chi connectivity index (χ0) is 111. The first-order chi connectivity index (χ1) is 68.3. The molecule has 0 radical (unpaired) electrons. The van der Waals surface area contributed by atoms with E-state index in [9.17, 15) is 109 Å². The summed E-state index contributed by atoms with van der Waals surface area (Å²) < 4.78 is 81.6. The second-order valence-corrected chi connectivity index (χ2v) is 51.4. The van der Waals surface area contributed by atoms with Gasteiger partial charge in [0.2, 0.25) is 55.5 Å². The van der Waals surface area contributed by atoms with Crippen LogP contribution in [0.25, 0.3) is 0 Å². The van der Waals surface area contributed by atoms with Gasteiger partial charge in [-0.05, 0) is 258 Å². The number of carboxylic acid groups (broad SMARTS) is 1. The van der Waals surface area contributed by atoms with Crippen molar-refractivity contribution in [3.63, 3.8) is 0 Å². The number of rotatable bonds is 45.